The first-order valence-corrected chi connectivity index (χ1v) is 19.0. The number of carbonyl (C=O) groups excluding carboxylic acids is 3. The maximum atomic E-state index is 15.2. The van der Waals surface area contributed by atoms with Crippen molar-refractivity contribution in [3.8, 4) is 11.5 Å². The van der Waals surface area contributed by atoms with Gasteiger partial charge in [-0.3, -0.25) is 14.4 Å². The van der Waals surface area contributed by atoms with E-state index >= 15 is 9.59 Å². The van der Waals surface area contributed by atoms with Gasteiger partial charge in [-0.2, -0.15) is 0 Å². The van der Waals surface area contributed by atoms with Gasteiger partial charge in [-0.05, 0) is 73.9 Å². The fraction of sp³-hybridized carbons (Fsp3) is 0.375. The summed E-state index contributed by atoms with van der Waals surface area (Å²) in [7, 11) is 1.58. The third-order valence-corrected chi connectivity index (χ3v) is 13.4. The van der Waals surface area contributed by atoms with Crippen molar-refractivity contribution in [2.75, 3.05) is 43.2 Å². The lowest BCUT2D eigenvalue weighted by Gasteiger charge is -2.40. The molecule has 3 aliphatic rings. The number of thioether (sulfide) groups is 1. The summed E-state index contributed by atoms with van der Waals surface area (Å²) in [5.74, 6) is -0.932. The average molecular weight is 775 g/mol. The Labute approximate surface area is 312 Å². The minimum atomic E-state index is -0.955. The summed E-state index contributed by atoms with van der Waals surface area (Å²) in [5, 5.41) is 10.7. The molecule has 6 rings (SSSR count). The molecule has 7 atom stereocenters. The number of aliphatic hydroxyl groups excluding tert-OH is 1. The third-order valence-electron chi connectivity index (χ3n) is 10.2. The number of methoxy groups -OCH3 is 1. The van der Waals surface area contributed by atoms with E-state index in [0.717, 1.165) is 5.56 Å². The fourth-order valence-corrected chi connectivity index (χ4v) is 11.6. The van der Waals surface area contributed by atoms with Gasteiger partial charge in [-0.25, -0.2) is 0 Å². The van der Waals surface area contributed by atoms with Crippen LogP contribution in [0.4, 0.5) is 11.4 Å². The molecule has 3 aromatic rings. The first-order chi connectivity index (χ1) is 24.7. The van der Waals surface area contributed by atoms with Gasteiger partial charge in [-0.1, -0.05) is 58.4 Å². The molecule has 3 heterocycles. The van der Waals surface area contributed by atoms with Crippen molar-refractivity contribution in [1.82, 2.24) is 4.90 Å². The van der Waals surface area contributed by atoms with Gasteiger partial charge in [0.1, 0.15) is 17.5 Å². The standard InChI is InChI=1S/C40H44BrN3O6S/c1-5-21-42(27-15-19-31(20-16-27)50-7-3)37(46)33-34-38(47)44(29(25-45)23-26-11-9-8-10-12-26)36(40(34)24-32(41)35(33)51-40)39(48)43(22-6-2)28-13-17-30(49-4)18-14-28/h5-6,8-20,29,32-36,45H,1-2,7,21-25H2,3-4H3/t29-,32?,33-,34+,35-,36?,40?/m1/s1. The van der Waals surface area contributed by atoms with Crippen molar-refractivity contribution in [1.29, 1.82) is 0 Å². The van der Waals surface area contributed by atoms with E-state index in [9.17, 15) is 9.90 Å². The Hall–Kier alpha value is -4.06. The molecule has 3 saturated heterocycles. The molecule has 1 N–H and O–H groups in total. The Morgan fingerprint density at radius 3 is 2.12 bits per heavy atom. The number of likely N-dealkylation sites (tertiary alicyclic amines) is 1. The van der Waals surface area contributed by atoms with Gasteiger partial charge >= 0.3 is 0 Å². The molecule has 3 unspecified atom stereocenters. The normalized spacial score (nSPS) is 25.2. The number of benzene rings is 3. The number of alkyl halides is 1. The van der Waals surface area contributed by atoms with Crippen LogP contribution in [-0.2, 0) is 20.8 Å². The smallest absolute Gasteiger partial charge is 0.251 e. The quantitative estimate of drug-likeness (QED) is 0.152. The molecule has 3 amide bonds. The molecule has 3 aromatic carbocycles. The van der Waals surface area contributed by atoms with Crippen LogP contribution in [-0.4, -0.2) is 88.0 Å². The van der Waals surface area contributed by atoms with Gasteiger partial charge in [0, 0.05) is 34.5 Å². The van der Waals surface area contributed by atoms with Crippen molar-refractivity contribution < 1.29 is 29.0 Å². The highest BCUT2D eigenvalue weighted by Crippen LogP contribution is 2.68. The highest BCUT2D eigenvalue weighted by atomic mass is 79.9. The topological polar surface area (TPSA) is 99.6 Å². The van der Waals surface area contributed by atoms with Crippen LogP contribution in [0.3, 0.4) is 0 Å². The van der Waals surface area contributed by atoms with Gasteiger partial charge in [0.15, 0.2) is 0 Å². The van der Waals surface area contributed by atoms with Crippen LogP contribution in [0, 0.1) is 11.8 Å². The van der Waals surface area contributed by atoms with E-state index < -0.39 is 28.7 Å². The largest absolute Gasteiger partial charge is 0.497 e. The molecule has 2 bridgehead atoms. The van der Waals surface area contributed by atoms with E-state index in [0.29, 0.717) is 42.3 Å². The number of carbonyl (C=O) groups is 3. The first-order valence-electron chi connectivity index (χ1n) is 17.2. The molecule has 3 aliphatic heterocycles. The second-order valence-electron chi connectivity index (χ2n) is 13.0. The number of fused-ring (bicyclic) bond motifs is 1. The molecule has 0 saturated carbocycles. The van der Waals surface area contributed by atoms with E-state index in [-0.39, 0.29) is 47.5 Å². The monoisotopic (exact) mass is 773 g/mol. The van der Waals surface area contributed by atoms with Crippen LogP contribution in [0.25, 0.3) is 0 Å². The Balaban J connectivity index is 1.45. The van der Waals surface area contributed by atoms with E-state index in [4.69, 9.17) is 9.47 Å². The number of hydrogen-bond donors (Lipinski definition) is 1. The van der Waals surface area contributed by atoms with Crippen LogP contribution in [0.1, 0.15) is 18.9 Å². The fourth-order valence-electron chi connectivity index (χ4n) is 8.04. The molecule has 268 valence electrons. The molecule has 11 heteroatoms. The zero-order chi connectivity index (χ0) is 36.3. The predicted molar refractivity (Wildman–Crippen MR) is 206 cm³/mol. The van der Waals surface area contributed by atoms with Crippen molar-refractivity contribution in [2.24, 2.45) is 11.8 Å². The zero-order valence-corrected chi connectivity index (χ0v) is 31.3. The molecular weight excluding hydrogens is 730 g/mol. The number of ether oxygens (including phenoxy) is 2. The van der Waals surface area contributed by atoms with Crippen molar-refractivity contribution >= 4 is 56.8 Å². The first kappa shape index (κ1) is 36.7. The molecule has 0 aliphatic carbocycles. The highest BCUT2D eigenvalue weighted by Gasteiger charge is 2.76. The summed E-state index contributed by atoms with van der Waals surface area (Å²) in [5.41, 5.74) is 2.23. The SMILES string of the molecule is C=CCN(C(=O)C1N([C@@H](CO)Cc2ccccc2)C(=O)[C@@H]2[C@@H](C(=O)N(CC=C)c3ccc(OCC)cc3)[C@@H]3SC12CC3Br)c1ccc(OC)cc1. The number of hydrogen-bond acceptors (Lipinski definition) is 7. The van der Waals surface area contributed by atoms with Crippen LogP contribution >= 0.6 is 27.7 Å². The summed E-state index contributed by atoms with van der Waals surface area (Å²) < 4.78 is 10.1. The van der Waals surface area contributed by atoms with Crippen LogP contribution in [0.15, 0.2) is 104 Å². The number of aliphatic hydroxyl groups is 1. The summed E-state index contributed by atoms with van der Waals surface area (Å²) in [6.07, 6.45) is 4.19. The molecule has 1 spiro atoms. The molecule has 3 fully saturated rings. The maximum Gasteiger partial charge on any atom is 0.251 e. The highest BCUT2D eigenvalue weighted by molar-refractivity contribution is 9.09. The summed E-state index contributed by atoms with van der Waals surface area (Å²) >= 11 is 5.47. The number of nitrogens with zero attached hydrogens (tertiary/aromatic N) is 3. The van der Waals surface area contributed by atoms with Gasteiger partial charge in [0.05, 0.1) is 42.9 Å². The van der Waals surface area contributed by atoms with Crippen molar-refractivity contribution in [3.63, 3.8) is 0 Å². The molecule has 9 nitrogen and oxygen atoms in total. The molecule has 0 aromatic heterocycles. The van der Waals surface area contributed by atoms with Gasteiger partial charge in [0.25, 0.3) is 5.91 Å². The Morgan fingerprint density at radius 1 is 0.980 bits per heavy atom. The Bertz CT molecular complexity index is 1740. The van der Waals surface area contributed by atoms with Crippen molar-refractivity contribution in [3.05, 3.63) is 110 Å². The third kappa shape index (κ3) is 6.71. The summed E-state index contributed by atoms with van der Waals surface area (Å²) in [4.78, 5) is 50.0. The van der Waals surface area contributed by atoms with Crippen LogP contribution in [0.2, 0.25) is 0 Å². The molecular formula is C40H44BrN3O6S. The van der Waals surface area contributed by atoms with Gasteiger partial charge in [-0.15, -0.1) is 24.9 Å². The predicted octanol–water partition coefficient (Wildman–Crippen LogP) is 5.90. The summed E-state index contributed by atoms with van der Waals surface area (Å²) in [6.45, 7) is 10.4. The molecule has 0 radical (unpaired) electrons. The lowest BCUT2D eigenvalue weighted by atomic mass is 9.70. The zero-order valence-electron chi connectivity index (χ0n) is 28.9. The lowest BCUT2D eigenvalue weighted by Crippen LogP contribution is -2.58. The van der Waals surface area contributed by atoms with Crippen molar-refractivity contribution in [2.45, 2.75) is 46.7 Å². The van der Waals surface area contributed by atoms with Gasteiger partial charge in [0.2, 0.25) is 11.8 Å². The number of rotatable bonds is 15. The van der Waals surface area contributed by atoms with E-state index in [1.165, 1.54) is 0 Å². The second kappa shape index (κ2) is 15.7. The second-order valence-corrected chi connectivity index (χ2v) is 15.8. The maximum absolute atomic E-state index is 15.2. The van der Waals surface area contributed by atoms with Crippen LogP contribution in [0.5, 0.6) is 11.5 Å². The van der Waals surface area contributed by atoms with Gasteiger partial charge < -0.3 is 29.3 Å². The average Bonchev–Trinajstić information content (AvgIpc) is 3.75. The minimum Gasteiger partial charge on any atom is -0.497 e. The van der Waals surface area contributed by atoms with E-state index in [1.807, 2.05) is 73.7 Å². The number of amides is 3. The van der Waals surface area contributed by atoms with Crippen LogP contribution < -0.4 is 19.3 Å². The minimum absolute atomic E-state index is 0.128. The summed E-state index contributed by atoms with van der Waals surface area (Å²) in [6, 6.07) is 22.5. The number of anilines is 2. The van der Waals surface area contributed by atoms with E-state index in [1.54, 1.807) is 57.9 Å². The van der Waals surface area contributed by atoms with E-state index in [2.05, 4.69) is 29.1 Å². The lowest BCUT2D eigenvalue weighted by molar-refractivity contribution is -0.141. The Morgan fingerprint density at radius 2 is 1.57 bits per heavy atom. The molecule has 51 heavy (non-hydrogen) atoms. The number of halogens is 1. The Kier molecular flexibility index (Phi) is 11.3.